The second-order valence-corrected chi connectivity index (χ2v) is 4.66. The van der Waals surface area contributed by atoms with Gasteiger partial charge in [0, 0.05) is 5.69 Å². The number of anilines is 1. The molecule has 0 aliphatic heterocycles. The van der Waals surface area contributed by atoms with Gasteiger partial charge >= 0.3 is 0 Å². The number of para-hydroxylation sites is 1. The summed E-state index contributed by atoms with van der Waals surface area (Å²) in [6.07, 6.45) is 0. The number of nitrogens with zero attached hydrogens (tertiary/aromatic N) is 4. The van der Waals surface area contributed by atoms with Crippen LogP contribution >= 0.6 is 0 Å². The highest BCUT2D eigenvalue weighted by Crippen LogP contribution is 2.18. The van der Waals surface area contributed by atoms with Gasteiger partial charge in [0.05, 0.1) is 12.1 Å². The molecule has 0 saturated carbocycles. The van der Waals surface area contributed by atoms with Crippen molar-refractivity contribution in [2.24, 2.45) is 0 Å². The van der Waals surface area contributed by atoms with Crippen LogP contribution in [0.3, 0.4) is 0 Å². The second kappa shape index (κ2) is 4.35. The Morgan fingerprint density at radius 3 is 2.79 bits per heavy atom. The summed E-state index contributed by atoms with van der Waals surface area (Å²) in [5.41, 5.74) is 10.9. The Morgan fingerprint density at radius 1 is 1.21 bits per heavy atom. The smallest absolute Gasteiger partial charge is 0.123 e. The molecule has 0 radical (unpaired) electrons. The van der Waals surface area contributed by atoms with Crippen molar-refractivity contribution in [2.75, 3.05) is 5.73 Å². The molecule has 0 unspecified atom stereocenters. The average molecular weight is 253 g/mol. The monoisotopic (exact) mass is 253 g/mol. The maximum absolute atomic E-state index is 5.75. The number of aryl methyl sites for hydroxylation is 2. The molecule has 2 aromatic heterocycles. The molecule has 5 heteroatoms. The minimum absolute atomic E-state index is 0.558. The van der Waals surface area contributed by atoms with E-state index in [4.69, 9.17) is 5.73 Å². The highest BCUT2D eigenvalue weighted by atomic mass is 15.4. The van der Waals surface area contributed by atoms with Crippen LogP contribution in [0.4, 0.5) is 5.82 Å². The summed E-state index contributed by atoms with van der Waals surface area (Å²) in [5.74, 6) is 0.558. The normalized spacial score (nSPS) is 11.1. The third-order valence-corrected chi connectivity index (χ3v) is 3.30. The van der Waals surface area contributed by atoms with Gasteiger partial charge in [0.15, 0.2) is 0 Å². The molecule has 19 heavy (non-hydrogen) atoms. The lowest BCUT2D eigenvalue weighted by Crippen LogP contribution is -2.08. The van der Waals surface area contributed by atoms with Crippen molar-refractivity contribution in [3.8, 4) is 0 Å². The van der Waals surface area contributed by atoms with Gasteiger partial charge in [-0.15, -0.1) is 5.10 Å². The lowest BCUT2D eigenvalue weighted by molar-refractivity contribution is 0.662. The quantitative estimate of drug-likeness (QED) is 0.759. The Kier molecular flexibility index (Phi) is 2.67. The first-order chi connectivity index (χ1) is 9.15. The molecule has 5 nitrogen and oxygen atoms in total. The number of hydrogen-bond acceptors (Lipinski definition) is 4. The van der Waals surface area contributed by atoms with E-state index in [0.717, 1.165) is 27.9 Å². The van der Waals surface area contributed by atoms with E-state index in [9.17, 15) is 0 Å². The molecular formula is C14H15N5. The van der Waals surface area contributed by atoms with Gasteiger partial charge in [-0.1, -0.05) is 17.3 Å². The molecular weight excluding hydrogens is 238 g/mol. The van der Waals surface area contributed by atoms with Crippen LogP contribution < -0.4 is 5.73 Å². The molecule has 0 bridgehead atoms. The van der Waals surface area contributed by atoms with E-state index in [0.29, 0.717) is 12.4 Å². The standard InChI is InChI=1S/C14H15N5/c1-9-7-14(15)16-10(2)11(9)8-19-13-6-4-3-5-12(13)17-18-19/h3-7H,8H2,1-2H3,(H2,15,16). The number of pyridine rings is 1. The van der Waals surface area contributed by atoms with Gasteiger partial charge in [-0.3, -0.25) is 0 Å². The molecule has 0 fully saturated rings. The van der Waals surface area contributed by atoms with Crippen LogP contribution in [0.1, 0.15) is 16.8 Å². The van der Waals surface area contributed by atoms with Crippen molar-refractivity contribution >= 4 is 16.9 Å². The maximum Gasteiger partial charge on any atom is 0.123 e. The van der Waals surface area contributed by atoms with Crippen molar-refractivity contribution in [1.82, 2.24) is 20.0 Å². The summed E-state index contributed by atoms with van der Waals surface area (Å²) < 4.78 is 1.89. The van der Waals surface area contributed by atoms with Crippen molar-refractivity contribution in [3.63, 3.8) is 0 Å². The van der Waals surface area contributed by atoms with E-state index in [2.05, 4.69) is 15.3 Å². The number of nitrogen functional groups attached to an aromatic ring is 1. The predicted molar refractivity (Wildman–Crippen MR) is 74.8 cm³/mol. The minimum Gasteiger partial charge on any atom is -0.384 e. The van der Waals surface area contributed by atoms with Gasteiger partial charge in [0.25, 0.3) is 0 Å². The maximum atomic E-state index is 5.75. The van der Waals surface area contributed by atoms with Gasteiger partial charge in [0.2, 0.25) is 0 Å². The molecule has 2 heterocycles. The van der Waals surface area contributed by atoms with Crippen molar-refractivity contribution < 1.29 is 0 Å². The molecule has 0 aliphatic rings. The third-order valence-electron chi connectivity index (χ3n) is 3.30. The zero-order valence-electron chi connectivity index (χ0n) is 11.0. The topological polar surface area (TPSA) is 69.6 Å². The number of fused-ring (bicyclic) bond motifs is 1. The lowest BCUT2D eigenvalue weighted by atomic mass is 10.1. The van der Waals surface area contributed by atoms with Crippen LogP contribution in [0, 0.1) is 13.8 Å². The first kappa shape index (κ1) is 11.6. The van der Waals surface area contributed by atoms with Crippen LogP contribution in [0.15, 0.2) is 30.3 Å². The van der Waals surface area contributed by atoms with Crippen molar-refractivity contribution in [2.45, 2.75) is 20.4 Å². The number of benzene rings is 1. The van der Waals surface area contributed by atoms with Crippen LogP contribution in [-0.4, -0.2) is 20.0 Å². The highest BCUT2D eigenvalue weighted by Gasteiger charge is 2.09. The molecule has 1 aromatic carbocycles. The first-order valence-corrected chi connectivity index (χ1v) is 6.16. The van der Waals surface area contributed by atoms with Crippen LogP contribution in [0.25, 0.3) is 11.0 Å². The molecule has 3 aromatic rings. The average Bonchev–Trinajstić information content (AvgIpc) is 2.77. The van der Waals surface area contributed by atoms with Gasteiger partial charge < -0.3 is 5.73 Å². The fourth-order valence-corrected chi connectivity index (χ4v) is 2.31. The van der Waals surface area contributed by atoms with E-state index in [1.807, 2.05) is 48.9 Å². The zero-order valence-corrected chi connectivity index (χ0v) is 11.0. The molecule has 0 amide bonds. The van der Waals surface area contributed by atoms with Crippen molar-refractivity contribution in [1.29, 1.82) is 0 Å². The Morgan fingerprint density at radius 2 is 2.00 bits per heavy atom. The first-order valence-electron chi connectivity index (χ1n) is 6.16. The Balaban J connectivity index is 2.06. The fraction of sp³-hybridized carbons (Fsp3) is 0.214. The number of nitrogens with two attached hydrogens (primary N) is 1. The summed E-state index contributed by atoms with van der Waals surface area (Å²) in [7, 11) is 0. The highest BCUT2D eigenvalue weighted by molar-refractivity contribution is 5.73. The van der Waals surface area contributed by atoms with E-state index < -0.39 is 0 Å². The summed E-state index contributed by atoms with van der Waals surface area (Å²) in [5, 5.41) is 8.36. The van der Waals surface area contributed by atoms with E-state index in [-0.39, 0.29) is 0 Å². The summed E-state index contributed by atoms with van der Waals surface area (Å²) in [6.45, 7) is 4.67. The molecule has 0 atom stereocenters. The summed E-state index contributed by atoms with van der Waals surface area (Å²) >= 11 is 0. The lowest BCUT2D eigenvalue weighted by Gasteiger charge is -2.10. The van der Waals surface area contributed by atoms with Crippen LogP contribution in [0.2, 0.25) is 0 Å². The minimum atomic E-state index is 0.558. The Hall–Kier alpha value is -2.43. The van der Waals surface area contributed by atoms with E-state index in [1.54, 1.807) is 0 Å². The SMILES string of the molecule is Cc1cc(N)nc(C)c1Cn1nnc2ccccc21. The molecule has 96 valence electrons. The van der Waals surface area contributed by atoms with Crippen LogP contribution in [-0.2, 0) is 6.54 Å². The Labute approximate surface area is 111 Å². The largest absolute Gasteiger partial charge is 0.384 e. The molecule has 3 rings (SSSR count). The fourth-order valence-electron chi connectivity index (χ4n) is 2.31. The molecule has 0 saturated heterocycles. The second-order valence-electron chi connectivity index (χ2n) is 4.66. The molecule has 0 spiro atoms. The number of hydrogen-bond donors (Lipinski definition) is 1. The summed E-state index contributed by atoms with van der Waals surface area (Å²) in [6, 6.07) is 9.82. The number of aromatic nitrogens is 4. The van der Waals surface area contributed by atoms with Gasteiger partial charge in [-0.05, 0) is 43.2 Å². The van der Waals surface area contributed by atoms with Gasteiger partial charge in [-0.2, -0.15) is 0 Å². The molecule has 2 N–H and O–H groups in total. The van der Waals surface area contributed by atoms with Crippen molar-refractivity contribution in [3.05, 3.63) is 47.2 Å². The number of rotatable bonds is 2. The third kappa shape index (κ3) is 2.03. The van der Waals surface area contributed by atoms with E-state index in [1.165, 1.54) is 0 Å². The predicted octanol–water partition coefficient (Wildman–Crippen LogP) is 2.07. The summed E-state index contributed by atoms with van der Waals surface area (Å²) in [4.78, 5) is 4.31. The molecule has 0 aliphatic carbocycles. The van der Waals surface area contributed by atoms with Crippen LogP contribution in [0.5, 0.6) is 0 Å². The Bertz CT molecular complexity index is 721. The van der Waals surface area contributed by atoms with E-state index >= 15 is 0 Å². The van der Waals surface area contributed by atoms with Gasteiger partial charge in [0.1, 0.15) is 11.3 Å². The zero-order chi connectivity index (χ0) is 13.4. The van der Waals surface area contributed by atoms with Gasteiger partial charge in [-0.25, -0.2) is 9.67 Å².